The zero-order valence-corrected chi connectivity index (χ0v) is 10.4. The second-order valence-corrected chi connectivity index (χ2v) is 6.35. The first-order valence-corrected chi connectivity index (χ1v) is 7.19. The molecule has 3 nitrogen and oxygen atoms in total. The van der Waals surface area contributed by atoms with Gasteiger partial charge in [-0.25, -0.2) is 8.42 Å². The zero-order valence-electron chi connectivity index (χ0n) is 9.54. The van der Waals surface area contributed by atoms with Crippen molar-refractivity contribution < 1.29 is 8.42 Å². The number of hydrogen-bond acceptors (Lipinski definition) is 3. The zero-order chi connectivity index (χ0) is 11.0. The molecule has 0 heterocycles. The Hall–Kier alpha value is -0.0900. The van der Waals surface area contributed by atoms with Crippen molar-refractivity contribution in [2.45, 2.75) is 33.1 Å². The molecule has 0 aliphatic carbocycles. The average Bonchev–Trinajstić information content (AvgIpc) is 2.14. The fourth-order valence-corrected chi connectivity index (χ4v) is 2.23. The van der Waals surface area contributed by atoms with Crippen LogP contribution in [0, 0.1) is 5.92 Å². The largest absolute Gasteiger partial charge is 0.320 e. The standard InChI is InChI=1S/C10H23NO2S/c1-4-14(12,13)9-5-6-10(2)7-8-11-3/h10-11H,4-9H2,1-3H3. The molecule has 0 fully saturated rings. The van der Waals surface area contributed by atoms with E-state index in [1.165, 1.54) is 0 Å². The molecule has 1 N–H and O–H groups in total. The molecule has 0 bridgehead atoms. The molecule has 4 heteroatoms. The van der Waals surface area contributed by atoms with E-state index in [1.54, 1.807) is 6.92 Å². The lowest BCUT2D eigenvalue weighted by molar-refractivity contribution is 0.475. The summed E-state index contributed by atoms with van der Waals surface area (Å²) in [6.07, 6.45) is 2.95. The van der Waals surface area contributed by atoms with Gasteiger partial charge in [-0.05, 0) is 38.8 Å². The first-order chi connectivity index (χ1) is 6.52. The molecule has 0 saturated carbocycles. The maximum atomic E-state index is 11.2. The van der Waals surface area contributed by atoms with E-state index in [0.29, 0.717) is 11.7 Å². The van der Waals surface area contributed by atoms with Gasteiger partial charge in [0.25, 0.3) is 0 Å². The minimum absolute atomic E-state index is 0.276. The van der Waals surface area contributed by atoms with E-state index in [0.717, 1.165) is 25.8 Å². The van der Waals surface area contributed by atoms with E-state index in [-0.39, 0.29) is 5.75 Å². The van der Waals surface area contributed by atoms with Gasteiger partial charge in [-0.1, -0.05) is 13.8 Å². The molecule has 0 aromatic heterocycles. The van der Waals surface area contributed by atoms with Crippen LogP contribution in [-0.4, -0.2) is 33.5 Å². The third kappa shape index (κ3) is 7.33. The third-order valence-electron chi connectivity index (χ3n) is 2.48. The topological polar surface area (TPSA) is 46.2 Å². The van der Waals surface area contributed by atoms with Gasteiger partial charge in [-0.15, -0.1) is 0 Å². The predicted octanol–water partition coefficient (Wildman–Crippen LogP) is 1.45. The van der Waals surface area contributed by atoms with Crippen LogP contribution in [0.5, 0.6) is 0 Å². The van der Waals surface area contributed by atoms with Crippen LogP contribution >= 0.6 is 0 Å². The van der Waals surface area contributed by atoms with Crippen molar-refractivity contribution in [2.75, 3.05) is 25.1 Å². The van der Waals surface area contributed by atoms with Crippen molar-refractivity contribution >= 4 is 9.84 Å². The molecule has 14 heavy (non-hydrogen) atoms. The predicted molar refractivity (Wildman–Crippen MR) is 61.3 cm³/mol. The van der Waals surface area contributed by atoms with Gasteiger partial charge in [0.15, 0.2) is 0 Å². The molecule has 0 saturated heterocycles. The van der Waals surface area contributed by atoms with Crippen molar-refractivity contribution in [1.82, 2.24) is 5.32 Å². The van der Waals surface area contributed by atoms with Gasteiger partial charge < -0.3 is 5.32 Å². The fourth-order valence-electron chi connectivity index (χ4n) is 1.33. The molecule has 0 spiro atoms. The maximum Gasteiger partial charge on any atom is 0.150 e. The van der Waals surface area contributed by atoms with Crippen LogP contribution in [0.4, 0.5) is 0 Å². The minimum atomic E-state index is -2.75. The third-order valence-corrected chi connectivity index (χ3v) is 4.27. The SMILES string of the molecule is CCS(=O)(=O)CCCC(C)CCNC. The molecule has 0 rings (SSSR count). The van der Waals surface area contributed by atoms with Gasteiger partial charge >= 0.3 is 0 Å². The van der Waals surface area contributed by atoms with Crippen LogP contribution in [0.15, 0.2) is 0 Å². The van der Waals surface area contributed by atoms with E-state index >= 15 is 0 Å². The van der Waals surface area contributed by atoms with Crippen molar-refractivity contribution in [3.8, 4) is 0 Å². The summed E-state index contributed by atoms with van der Waals surface area (Å²) >= 11 is 0. The summed E-state index contributed by atoms with van der Waals surface area (Å²) in [6, 6.07) is 0. The Kier molecular flexibility index (Phi) is 7.19. The Morgan fingerprint density at radius 2 is 1.93 bits per heavy atom. The van der Waals surface area contributed by atoms with Crippen LogP contribution in [0.2, 0.25) is 0 Å². The Morgan fingerprint density at radius 1 is 1.29 bits per heavy atom. The summed E-state index contributed by atoms with van der Waals surface area (Å²) in [5.74, 6) is 1.25. The molecule has 0 aromatic carbocycles. The molecule has 0 aliphatic heterocycles. The lowest BCUT2D eigenvalue weighted by Gasteiger charge is -2.10. The summed E-state index contributed by atoms with van der Waals surface area (Å²) in [5.41, 5.74) is 0. The highest BCUT2D eigenvalue weighted by atomic mass is 32.2. The molecule has 0 aromatic rings. The molecule has 86 valence electrons. The van der Waals surface area contributed by atoms with Crippen LogP contribution in [0.1, 0.15) is 33.1 Å². The summed E-state index contributed by atoms with van der Waals surface area (Å²) < 4.78 is 22.4. The molecule has 1 unspecified atom stereocenters. The van der Waals surface area contributed by atoms with Crippen LogP contribution in [-0.2, 0) is 9.84 Å². The highest BCUT2D eigenvalue weighted by Crippen LogP contribution is 2.10. The van der Waals surface area contributed by atoms with Gasteiger partial charge in [-0.3, -0.25) is 0 Å². The number of sulfone groups is 1. The molecular weight excluding hydrogens is 198 g/mol. The minimum Gasteiger partial charge on any atom is -0.320 e. The van der Waals surface area contributed by atoms with Crippen LogP contribution in [0.25, 0.3) is 0 Å². The van der Waals surface area contributed by atoms with Gasteiger partial charge in [0.05, 0.1) is 5.75 Å². The Labute approximate surface area is 88.2 Å². The second-order valence-electron chi connectivity index (χ2n) is 3.88. The number of hydrogen-bond donors (Lipinski definition) is 1. The first kappa shape index (κ1) is 13.9. The lowest BCUT2D eigenvalue weighted by Crippen LogP contribution is -2.13. The Balaban J connectivity index is 3.54. The highest BCUT2D eigenvalue weighted by Gasteiger charge is 2.08. The average molecular weight is 221 g/mol. The Bertz CT molecular complexity index is 224. The fraction of sp³-hybridized carbons (Fsp3) is 1.00. The Morgan fingerprint density at radius 3 is 2.43 bits per heavy atom. The van der Waals surface area contributed by atoms with Crippen molar-refractivity contribution in [1.29, 1.82) is 0 Å². The van der Waals surface area contributed by atoms with Crippen LogP contribution < -0.4 is 5.32 Å². The van der Waals surface area contributed by atoms with Crippen molar-refractivity contribution in [3.05, 3.63) is 0 Å². The molecule has 0 radical (unpaired) electrons. The maximum absolute atomic E-state index is 11.2. The normalized spacial score (nSPS) is 14.2. The number of rotatable bonds is 8. The summed E-state index contributed by atoms with van der Waals surface area (Å²) in [5, 5.41) is 3.10. The van der Waals surface area contributed by atoms with Crippen LogP contribution in [0.3, 0.4) is 0 Å². The summed E-state index contributed by atoms with van der Waals surface area (Å²) in [6.45, 7) is 4.90. The molecule has 1 atom stereocenters. The summed E-state index contributed by atoms with van der Waals surface area (Å²) in [4.78, 5) is 0. The smallest absolute Gasteiger partial charge is 0.150 e. The second kappa shape index (κ2) is 7.23. The van der Waals surface area contributed by atoms with Gasteiger partial charge in [0, 0.05) is 5.75 Å². The molecular formula is C10H23NO2S. The van der Waals surface area contributed by atoms with E-state index < -0.39 is 9.84 Å². The van der Waals surface area contributed by atoms with Crippen molar-refractivity contribution in [3.63, 3.8) is 0 Å². The van der Waals surface area contributed by atoms with Gasteiger partial charge in [0.1, 0.15) is 9.84 Å². The first-order valence-electron chi connectivity index (χ1n) is 5.37. The highest BCUT2D eigenvalue weighted by molar-refractivity contribution is 7.91. The number of nitrogens with one attached hydrogen (secondary N) is 1. The summed E-state index contributed by atoms with van der Waals surface area (Å²) in [7, 11) is -0.813. The monoisotopic (exact) mass is 221 g/mol. The van der Waals surface area contributed by atoms with Gasteiger partial charge in [-0.2, -0.15) is 0 Å². The lowest BCUT2D eigenvalue weighted by atomic mass is 10.0. The quantitative estimate of drug-likeness (QED) is 0.675. The van der Waals surface area contributed by atoms with E-state index in [4.69, 9.17) is 0 Å². The van der Waals surface area contributed by atoms with E-state index in [1.807, 2.05) is 7.05 Å². The van der Waals surface area contributed by atoms with E-state index in [9.17, 15) is 8.42 Å². The van der Waals surface area contributed by atoms with Gasteiger partial charge in [0.2, 0.25) is 0 Å². The molecule has 0 aliphatic rings. The van der Waals surface area contributed by atoms with E-state index in [2.05, 4.69) is 12.2 Å². The van der Waals surface area contributed by atoms with Crippen molar-refractivity contribution in [2.24, 2.45) is 5.92 Å². The molecule has 0 amide bonds.